The third kappa shape index (κ3) is 1.73. The third-order valence-electron chi connectivity index (χ3n) is 3.91. The molecule has 90 valence electrons. The van der Waals surface area contributed by atoms with Crippen molar-refractivity contribution in [3.05, 3.63) is 12.4 Å². The van der Waals surface area contributed by atoms with Gasteiger partial charge >= 0.3 is 0 Å². The van der Waals surface area contributed by atoms with Gasteiger partial charge in [-0.25, -0.2) is 0 Å². The van der Waals surface area contributed by atoms with Crippen LogP contribution in [0, 0.1) is 11.8 Å². The van der Waals surface area contributed by atoms with Crippen LogP contribution in [0.4, 0.5) is 5.82 Å². The van der Waals surface area contributed by atoms with E-state index in [1.54, 1.807) is 16.9 Å². The maximum absolute atomic E-state index is 4.15. The molecule has 2 aromatic heterocycles. The summed E-state index contributed by atoms with van der Waals surface area (Å²) in [6.07, 6.45) is 5.91. The molecule has 3 atom stereocenters. The lowest BCUT2D eigenvalue weighted by Gasteiger charge is -2.20. The van der Waals surface area contributed by atoms with Crippen molar-refractivity contribution in [3.8, 4) is 0 Å². The Bertz CT molecular complexity index is 521. The molecular formula is C11H16N6. The number of anilines is 1. The van der Waals surface area contributed by atoms with E-state index in [2.05, 4.69) is 39.7 Å². The lowest BCUT2D eigenvalue weighted by molar-refractivity contribution is 0.434. The lowest BCUT2D eigenvalue weighted by atomic mass is 9.98. The van der Waals surface area contributed by atoms with E-state index < -0.39 is 0 Å². The molecule has 0 bridgehead atoms. The minimum atomic E-state index is 0.488. The third-order valence-corrected chi connectivity index (χ3v) is 3.91. The Morgan fingerprint density at radius 2 is 2.18 bits per heavy atom. The first-order valence-electron chi connectivity index (χ1n) is 6.04. The van der Waals surface area contributed by atoms with E-state index in [1.807, 2.05) is 0 Å². The lowest BCUT2D eigenvalue weighted by Crippen LogP contribution is -2.25. The summed E-state index contributed by atoms with van der Waals surface area (Å²) in [6.45, 7) is 4.60. The highest BCUT2D eigenvalue weighted by Crippen LogP contribution is 2.32. The molecule has 0 aliphatic heterocycles. The van der Waals surface area contributed by atoms with Crippen molar-refractivity contribution in [1.82, 2.24) is 25.0 Å². The molecule has 6 heteroatoms. The standard InChI is InChI=1S/C11H16N6/c1-7-3-4-9(8(7)2)13-10-5-12-6-11-14-15-16-17(10)11/h5-9,13H,3-4H2,1-2H3. The fourth-order valence-corrected chi connectivity index (χ4v) is 2.53. The molecular weight excluding hydrogens is 216 g/mol. The van der Waals surface area contributed by atoms with Crippen molar-refractivity contribution in [1.29, 1.82) is 0 Å². The summed E-state index contributed by atoms with van der Waals surface area (Å²) >= 11 is 0. The number of fused-ring (bicyclic) bond motifs is 1. The van der Waals surface area contributed by atoms with Gasteiger partial charge in [0.1, 0.15) is 0 Å². The molecule has 2 aromatic rings. The van der Waals surface area contributed by atoms with Crippen LogP contribution < -0.4 is 5.32 Å². The highest BCUT2D eigenvalue weighted by Gasteiger charge is 2.30. The van der Waals surface area contributed by atoms with E-state index in [-0.39, 0.29) is 0 Å². The highest BCUT2D eigenvalue weighted by molar-refractivity contribution is 5.44. The zero-order valence-corrected chi connectivity index (χ0v) is 10.0. The summed E-state index contributed by atoms with van der Waals surface area (Å²) in [5.41, 5.74) is 0.675. The largest absolute Gasteiger partial charge is 0.366 e. The van der Waals surface area contributed by atoms with Crippen molar-refractivity contribution >= 4 is 11.5 Å². The molecule has 1 saturated carbocycles. The van der Waals surface area contributed by atoms with E-state index >= 15 is 0 Å². The average Bonchev–Trinajstić information content (AvgIpc) is 2.91. The minimum Gasteiger partial charge on any atom is -0.366 e. The summed E-state index contributed by atoms with van der Waals surface area (Å²) < 4.78 is 1.70. The summed E-state index contributed by atoms with van der Waals surface area (Å²) in [5.74, 6) is 2.31. The van der Waals surface area contributed by atoms with Crippen LogP contribution in [0.3, 0.4) is 0 Å². The van der Waals surface area contributed by atoms with E-state index in [4.69, 9.17) is 0 Å². The second-order valence-corrected chi connectivity index (χ2v) is 4.91. The van der Waals surface area contributed by atoms with E-state index in [0.29, 0.717) is 17.6 Å². The predicted molar refractivity (Wildman–Crippen MR) is 63.5 cm³/mol. The van der Waals surface area contributed by atoms with Crippen LogP contribution >= 0.6 is 0 Å². The van der Waals surface area contributed by atoms with Gasteiger partial charge in [0.25, 0.3) is 0 Å². The van der Waals surface area contributed by atoms with Crippen molar-refractivity contribution in [2.24, 2.45) is 11.8 Å². The topological polar surface area (TPSA) is 68.0 Å². The number of rotatable bonds is 2. The molecule has 0 saturated heterocycles. The van der Waals surface area contributed by atoms with E-state index in [0.717, 1.165) is 11.7 Å². The molecule has 1 fully saturated rings. The maximum Gasteiger partial charge on any atom is 0.199 e. The van der Waals surface area contributed by atoms with Crippen molar-refractivity contribution < 1.29 is 0 Å². The van der Waals surface area contributed by atoms with Crippen LogP contribution in [0.2, 0.25) is 0 Å². The number of nitrogens with zero attached hydrogens (tertiary/aromatic N) is 5. The van der Waals surface area contributed by atoms with E-state index in [9.17, 15) is 0 Å². The molecule has 0 spiro atoms. The quantitative estimate of drug-likeness (QED) is 0.846. The molecule has 2 heterocycles. The molecule has 6 nitrogen and oxygen atoms in total. The Labute approximate surface area is 99.4 Å². The Balaban J connectivity index is 1.88. The number of aromatic nitrogens is 5. The second kappa shape index (κ2) is 3.94. The molecule has 1 aliphatic carbocycles. The zero-order chi connectivity index (χ0) is 11.8. The van der Waals surface area contributed by atoms with Crippen LogP contribution in [-0.4, -0.2) is 31.1 Å². The van der Waals surface area contributed by atoms with Gasteiger partial charge in [-0.15, -0.1) is 5.10 Å². The van der Waals surface area contributed by atoms with Gasteiger partial charge in [0, 0.05) is 6.04 Å². The molecule has 0 aromatic carbocycles. The molecule has 17 heavy (non-hydrogen) atoms. The molecule has 3 rings (SSSR count). The second-order valence-electron chi connectivity index (χ2n) is 4.91. The first-order chi connectivity index (χ1) is 8.25. The average molecular weight is 232 g/mol. The summed E-state index contributed by atoms with van der Waals surface area (Å²) in [4.78, 5) is 4.15. The van der Waals surface area contributed by atoms with Crippen LogP contribution in [0.1, 0.15) is 26.7 Å². The Morgan fingerprint density at radius 1 is 1.29 bits per heavy atom. The SMILES string of the molecule is CC1CCC(Nc2cncc3nnnn23)C1C. The number of hydrogen-bond acceptors (Lipinski definition) is 5. The van der Waals surface area contributed by atoms with Crippen LogP contribution in [0.5, 0.6) is 0 Å². The Morgan fingerprint density at radius 3 is 2.94 bits per heavy atom. The minimum absolute atomic E-state index is 0.488. The van der Waals surface area contributed by atoms with Crippen LogP contribution in [0.15, 0.2) is 12.4 Å². The fourth-order valence-electron chi connectivity index (χ4n) is 2.53. The first kappa shape index (κ1) is 10.4. The van der Waals surface area contributed by atoms with Crippen LogP contribution in [0.25, 0.3) is 5.65 Å². The number of tetrazole rings is 1. The highest BCUT2D eigenvalue weighted by atomic mass is 15.5. The molecule has 1 N–H and O–H groups in total. The summed E-state index contributed by atoms with van der Waals surface area (Å²) in [5, 5.41) is 15.0. The first-order valence-corrected chi connectivity index (χ1v) is 6.04. The van der Waals surface area contributed by atoms with Gasteiger partial charge in [0.05, 0.1) is 12.4 Å². The normalized spacial score (nSPS) is 28.7. The fraction of sp³-hybridized carbons (Fsp3) is 0.636. The smallest absolute Gasteiger partial charge is 0.199 e. The molecule has 3 unspecified atom stereocenters. The van der Waals surface area contributed by atoms with Gasteiger partial charge < -0.3 is 5.32 Å². The molecule has 0 radical (unpaired) electrons. The number of hydrogen-bond donors (Lipinski definition) is 1. The maximum atomic E-state index is 4.15. The van der Waals surface area contributed by atoms with E-state index in [1.165, 1.54) is 12.8 Å². The summed E-state index contributed by atoms with van der Waals surface area (Å²) in [7, 11) is 0. The van der Waals surface area contributed by atoms with Gasteiger partial charge in [0.15, 0.2) is 11.5 Å². The number of nitrogens with one attached hydrogen (secondary N) is 1. The van der Waals surface area contributed by atoms with Crippen molar-refractivity contribution in [3.63, 3.8) is 0 Å². The van der Waals surface area contributed by atoms with Crippen molar-refractivity contribution in [2.75, 3.05) is 5.32 Å². The van der Waals surface area contributed by atoms with Crippen molar-refractivity contribution in [2.45, 2.75) is 32.7 Å². The molecule has 0 amide bonds. The van der Waals surface area contributed by atoms with Crippen LogP contribution in [-0.2, 0) is 0 Å². The van der Waals surface area contributed by atoms with Gasteiger partial charge in [0.2, 0.25) is 0 Å². The zero-order valence-electron chi connectivity index (χ0n) is 10.0. The Kier molecular flexibility index (Phi) is 2.42. The van der Waals surface area contributed by atoms with Gasteiger partial charge in [-0.05, 0) is 35.1 Å². The molecule has 1 aliphatic rings. The monoisotopic (exact) mass is 232 g/mol. The van der Waals surface area contributed by atoms with Gasteiger partial charge in [-0.1, -0.05) is 13.8 Å². The van der Waals surface area contributed by atoms with Gasteiger partial charge in [-0.3, -0.25) is 4.98 Å². The Hall–Kier alpha value is -1.72. The summed E-state index contributed by atoms with van der Waals surface area (Å²) in [6, 6.07) is 0.488. The predicted octanol–water partition coefficient (Wildman–Crippen LogP) is 1.37. The van der Waals surface area contributed by atoms with Gasteiger partial charge in [-0.2, -0.15) is 4.52 Å².